The number of amides is 1. The Labute approximate surface area is 145 Å². The number of hydrogen-bond acceptors (Lipinski definition) is 4. The van der Waals surface area contributed by atoms with Crippen molar-refractivity contribution in [1.29, 1.82) is 0 Å². The molecule has 7 heteroatoms. The van der Waals surface area contributed by atoms with E-state index in [9.17, 15) is 14.7 Å². The second kappa shape index (κ2) is 6.99. The number of carboxylic acid groups (broad SMARTS) is 1. The van der Waals surface area contributed by atoms with Crippen molar-refractivity contribution in [3.8, 4) is 5.75 Å². The Bertz CT molecular complexity index is 639. The summed E-state index contributed by atoms with van der Waals surface area (Å²) in [5.41, 5.74) is -0.892. The topological polar surface area (TPSA) is 78.9 Å². The van der Waals surface area contributed by atoms with Crippen LogP contribution in [0.2, 0.25) is 5.02 Å². The van der Waals surface area contributed by atoms with Crippen LogP contribution in [0.15, 0.2) is 24.3 Å². The summed E-state index contributed by atoms with van der Waals surface area (Å²) in [7, 11) is 0. The predicted octanol–water partition coefficient (Wildman–Crippen LogP) is 1.77. The van der Waals surface area contributed by atoms with Crippen LogP contribution in [-0.4, -0.2) is 54.2 Å². The molecule has 0 aliphatic carbocycles. The van der Waals surface area contributed by atoms with Gasteiger partial charge in [-0.2, -0.15) is 0 Å². The molecule has 2 fully saturated rings. The maximum atomic E-state index is 12.5. The van der Waals surface area contributed by atoms with Crippen LogP contribution in [0.25, 0.3) is 0 Å². The minimum absolute atomic E-state index is 0.0720. The zero-order valence-electron chi connectivity index (χ0n) is 13.3. The number of fused-ring (bicyclic) bond motifs is 1. The number of ether oxygens (including phenoxy) is 1. The first-order chi connectivity index (χ1) is 11.5. The molecule has 1 aromatic carbocycles. The summed E-state index contributed by atoms with van der Waals surface area (Å²) in [5, 5.41) is 13.5. The Morgan fingerprint density at radius 1 is 1.42 bits per heavy atom. The van der Waals surface area contributed by atoms with Crippen molar-refractivity contribution in [2.75, 3.05) is 26.2 Å². The van der Waals surface area contributed by atoms with Crippen LogP contribution in [-0.2, 0) is 9.59 Å². The van der Waals surface area contributed by atoms with Crippen LogP contribution >= 0.6 is 11.6 Å². The van der Waals surface area contributed by atoms with E-state index in [-0.39, 0.29) is 25.1 Å². The van der Waals surface area contributed by atoms with Gasteiger partial charge in [0.15, 0.2) is 6.61 Å². The number of carbonyl (C=O) groups is 2. The van der Waals surface area contributed by atoms with Gasteiger partial charge in [-0.05, 0) is 37.9 Å². The van der Waals surface area contributed by atoms with E-state index in [0.29, 0.717) is 30.2 Å². The molecule has 0 spiro atoms. The summed E-state index contributed by atoms with van der Waals surface area (Å²) in [6.07, 6.45) is 2.04. The van der Waals surface area contributed by atoms with Gasteiger partial charge >= 0.3 is 5.97 Å². The molecule has 130 valence electrons. The van der Waals surface area contributed by atoms with Crippen LogP contribution in [0.4, 0.5) is 0 Å². The lowest BCUT2D eigenvalue weighted by molar-refractivity contribution is -0.160. The highest BCUT2D eigenvalue weighted by atomic mass is 35.5. The molecule has 0 saturated carbocycles. The van der Waals surface area contributed by atoms with Crippen LogP contribution < -0.4 is 10.1 Å². The fourth-order valence-electron chi connectivity index (χ4n) is 3.65. The van der Waals surface area contributed by atoms with Gasteiger partial charge in [0, 0.05) is 19.1 Å². The standard InChI is InChI=1S/C17H21ClN2O4/c18-12-4-1-2-5-13(12)24-10-15(21)20-9-6-14-17(11-20,16(22)23)7-3-8-19-14/h1-2,4-5,14,19H,3,6-11H2,(H,22,23). The summed E-state index contributed by atoms with van der Waals surface area (Å²) in [4.78, 5) is 25.9. The molecule has 6 nitrogen and oxygen atoms in total. The van der Waals surface area contributed by atoms with E-state index in [1.165, 1.54) is 0 Å². The average molecular weight is 353 g/mol. The summed E-state index contributed by atoms with van der Waals surface area (Å²) in [6.45, 7) is 1.46. The van der Waals surface area contributed by atoms with Gasteiger partial charge < -0.3 is 20.1 Å². The minimum atomic E-state index is -0.892. The highest BCUT2D eigenvalue weighted by molar-refractivity contribution is 6.32. The number of carbonyl (C=O) groups excluding carboxylic acids is 1. The quantitative estimate of drug-likeness (QED) is 0.863. The second-order valence-corrected chi connectivity index (χ2v) is 6.80. The Morgan fingerprint density at radius 2 is 2.21 bits per heavy atom. The second-order valence-electron chi connectivity index (χ2n) is 6.39. The highest BCUT2D eigenvalue weighted by Crippen LogP contribution is 2.38. The molecule has 0 aromatic heterocycles. The Morgan fingerprint density at radius 3 is 2.96 bits per heavy atom. The highest BCUT2D eigenvalue weighted by Gasteiger charge is 2.51. The Hall–Kier alpha value is -1.79. The lowest BCUT2D eigenvalue weighted by Gasteiger charge is -2.48. The molecule has 2 unspecified atom stereocenters. The van der Waals surface area contributed by atoms with Crippen LogP contribution in [0.5, 0.6) is 5.75 Å². The monoisotopic (exact) mass is 352 g/mol. The predicted molar refractivity (Wildman–Crippen MR) is 89.2 cm³/mol. The van der Waals surface area contributed by atoms with Gasteiger partial charge in [0.2, 0.25) is 0 Å². The van der Waals surface area contributed by atoms with Crippen molar-refractivity contribution in [3.05, 3.63) is 29.3 Å². The van der Waals surface area contributed by atoms with Crippen LogP contribution in [0, 0.1) is 5.41 Å². The first-order valence-corrected chi connectivity index (χ1v) is 8.52. The van der Waals surface area contributed by atoms with Crippen molar-refractivity contribution in [1.82, 2.24) is 10.2 Å². The molecule has 2 N–H and O–H groups in total. The summed E-state index contributed by atoms with van der Waals surface area (Å²) < 4.78 is 5.50. The van der Waals surface area contributed by atoms with Gasteiger partial charge in [-0.1, -0.05) is 23.7 Å². The number of carboxylic acids is 1. The Balaban J connectivity index is 1.65. The summed E-state index contributed by atoms with van der Waals surface area (Å²) in [6, 6.07) is 6.89. The smallest absolute Gasteiger partial charge is 0.313 e. The number of piperidine rings is 2. The van der Waals surface area contributed by atoms with E-state index in [4.69, 9.17) is 16.3 Å². The molecule has 2 atom stereocenters. The first kappa shape index (κ1) is 17.0. The number of nitrogens with zero attached hydrogens (tertiary/aromatic N) is 1. The number of hydrogen-bond donors (Lipinski definition) is 2. The van der Waals surface area contributed by atoms with E-state index in [0.717, 1.165) is 13.0 Å². The van der Waals surface area contributed by atoms with Crippen molar-refractivity contribution in [2.45, 2.75) is 25.3 Å². The van der Waals surface area contributed by atoms with E-state index in [1.54, 1.807) is 29.2 Å². The number of nitrogens with one attached hydrogen (secondary N) is 1. The summed E-state index contributed by atoms with van der Waals surface area (Å²) >= 11 is 6.01. The van der Waals surface area contributed by atoms with E-state index in [2.05, 4.69) is 5.32 Å². The molecule has 0 bridgehead atoms. The first-order valence-electron chi connectivity index (χ1n) is 8.15. The molecular formula is C17H21ClN2O4. The van der Waals surface area contributed by atoms with E-state index < -0.39 is 11.4 Å². The molecule has 3 rings (SSSR count). The minimum Gasteiger partial charge on any atom is -0.482 e. The zero-order chi connectivity index (χ0) is 17.2. The van der Waals surface area contributed by atoms with Crippen molar-refractivity contribution in [2.24, 2.45) is 5.41 Å². The maximum Gasteiger partial charge on any atom is 0.313 e. The molecule has 1 amide bonds. The average Bonchev–Trinajstić information content (AvgIpc) is 2.60. The summed E-state index contributed by atoms with van der Waals surface area (Å²) in [5.74, 6) is -0.585. The molecule has 2 saturated heterocycles. The molecule has 2 heterocycles. The van der Waals surface area contributed by atoms with Crippen molar-refractivity contribution in [3.63, 3.8) is 0 Å². The zero-order valence-corrected chi connectivity index (χ0v) is 14.1. The number of aliphatic carboxylic acids is 1. The lowest BCUT2D eigenvalue weighted by Crippen LogP contribution is -2.64. The van der Waals surface area contributed by atoms with Crippen molar-refractivity contribution >= 4 is 23.5 Å². The number of rotatable bonds is 4. The van der Waals surface area contributed by atoms with Gasteiger partial charge in [-0.15, -0.1) is 0 Å². The fraction of sp³-hybridized carbons (Fsp3) is 0.529. The molecule has 1 aromatic rings. The van der Waals surface area contributed by atoms with Crippen LogP contribution in [0.3, 0.4) is 0 Å². The van der Waals surface area contributed by atoms with Gasteiger partial charge in [0.1, 0.15) is 11.2 Å². The number of likely N-dealkylation sites (tertiary alicyclic amines) is 1. The number of halogens is 1. The van der Waals surface area contributed by atoms with Gasteiger partial charge in [0.25, 0.3) is 5.91 Å². The number of para-hydroxylation sites is 1. The maximum absolute atomic E-state index is 12.5. The molecule has 24 heavy (non-hydrogen) atoms. The Kier molecular flexibility index (Phi) is 4.96. The lowest BCUT2D eigenvalue weighted by atomic mass is 9.70. The SMILES string of the molecule is O=C(COc1ccccc1Cl)N1CCC2NCCCC2(C(=O)O)C1. The third-order valence-electron chi connectivity index (χ3n) is 4.98. The van der Waals surface area contributed by atoms with Gasteiger partial charge in [-0.3, -0.25) is 9.59 Å². The molecular weight excluding hydrogens is 332 g/mol. The number of benzene rings is 1. The normalized spacial score (nSPS) is 26.5. The van der Waals surface area contributed by atoms with Crippen molar-refractivity contribution < 1.29 is 19.4 Å². The third kappa shape index (κ3) is 3.21. The van der Waals surface area contributed by atoms with E-state index in [1.807, 2.05) is 0 Å². The third-order valence-corrected chi connectivity index (χ3v) is 5.30. The molecule has 2 aliphatic heterocycles. The molecule has 0 radical (unpaired) electrons. The van der Waals surface area contributed by atoms with Gasteiger partial charge in [0.05, 0.1) is 5.02 Å². The van der Waals surface area contributed by atoms with E-state index >= 15 is 0 Å². The van der Waals surface area contributed by atoms with Gasteiger partial charge in [-0.25, -0.2) is 0 Å². The fourth-order valence-corrected chi connectivity index (χ4v) is 3.84. The largest absolute Gasteiger partial charge is 0.482 e. The van der Waals surface area contributed by atoms with Crippen LogP contribution in [0.1, 0.15) is 19.3 Å². The molecule has 2 aliphatic rings.